The number of hydrogen-bond donors (Lipinski definition) is 1. The number of aryl methyl sites for hydroxylation is 1. The van der Waals surface area contributed by atoms with Gasteiger partial charge in [-0.1, -0.05) is 6.92 Å². The van der Waals surface area contributed by atoms with E-state index in [9.17, 15) is 5.11 Å². The molecule has 0 amide bonds. The predicted octanol–water partition coefficient (Wildman–Crippen LogP) is 2.59. The van der Waals surface area contributed by atoms with Crippen molar-refractivity contribution in [3.05, 3.63) is 23.7 Å². The highest BCUT2D eigenvalue weighted by Gasteiger charge is 2.04. The van der Waals surface area contributed by atoms with Crippen molar-refractivity contribution in [3.63, 3.8) is 0 Å². The Morgan fingerprint density at radius 2 is 2.38 bits per heavy atom. The van der Waals surface area contributed by atoms with Gasteiger partial charge in [0.25, 0.3) is 0 Å². The van der Waals surface area contributed by atoms with Crippen LogP contribution in [-0.2, 0) is 5.75 Å². The lowest BCUT2D eigenvalue weighted by Gasteiger charge is -2.05. The van der Waals surface area contributed by atoms with E-state index in [-0.39, 0.29) is 6.10 Å². The Bertz CT molecular complexity index is 245. The Morgan fingerprint density at radius 1 is 1.62 bits per heavy atom. The first-order chi connectivity index (χ1) is 6.24. The zero-order valence-electron chi connectivity index (χ0n) is 8.12. The van der Waals surface area contributed by atoms with E-state index in [0.717, 1.165) is 23.7 Å². The van der Waals surface area contributed by atoms with E-state index >= 15 is 0 Å². The summed E-state index contributed by atoms with van der Waals surface area (Å²) in [5.74, 6) is 2.67. The van der Waals surface area contributed by atoms with E-state index in [1.54, 1.807) is 18.0 Å². The first-order valence-electron chi connectivity index (χ1n) is 4.52. The number of furan rings is 1. The van der Waals surface area contributed by atoms with Gasteiger partial charge in [-0.25, -0.2) is 0 Å². The summed E-state index contributed by atoms with van der Waals surface area (Å²) in [5.41, 5.74) is 1.19. The fourth-order valence-electron chi connectivity index (χ4n) is 0.957. The molecule has 3 heteroatoms. The summed E-state index contributed by atoms with van der Waals surface area (Å²) >= 11 is 1.71. The number of hydrogen-bond acceptors (Lipinski definition) is 3. The number of thioether (sulfide) groups is 1. The fraction of sp³-hybridized carbons (Fsp3) is 0.600. The minimum atomic E-state index is -0.180. The van der Waals surface area contributed by atoms with Gasteiger partial charge in [0.05, 0.1) is 18.1 Å². The van der Waals surface area contributed by atoms with Gasteiger partial charge in [-0.3, -0.25) is 0 Å². The summed E-state index contributed by atoms with van der Waals surface area (Å²) in [6.45, 7) is 4.03. The van der Waals surface area contributed by atoms with Crippen LogP contribution < -0.4 is 0 Å². The lowest BCUT2D eigenvalue weighted by Crippen LogP contribution is -2.07. The normalized spacial score (nSPS) is 13.2. The van der Waals surface area contributed by atoms with Gasteiger partial charge in [0.2, 0.25) is 0 Å². The standard InChI is InChI=1S/C10H16O2S/c1-3-9(11)6-13-7-10-8(2)4-5-12-10/h4-5,9,11H,3,6-7H2,1-2H3/t9-/m0/s1. The molecule has 0 saturated carbocycles. The first kappa shape index (κ1) is 10.7. The van der Waals surface area contributed by atoms with Crippen LogP contribution in [0.1, 0.15) is 24.7 Å². The Morgan fingerprint density at radius 3 is 2.92 bits per heavy atom. The molecule has 0 saturated heterocycles. The van der Waals surface area contributed by atoms with Crippen LogP contribution in [0.2, 0.25) is 0 Å². The van der Waals surface area contributed by atoms with Gasteiger partial charge in [-0.05, 0) is 25.0 Å². The second kappa shape index (κ2) is 5.35. The van der Waals surface area contributed by atoms with Crippen molar-refractivity contribution in [1.29, 1.82) is 0 Å². The highest BCUT2D eigenvalue weighted by Crippen LogP contribution is 2.17. The third-order valence-electron chi connectivity index (χ3n) is 1.98. The van der Waals surface area contributed by atoms with Crippen LogP contribution in [0.3, 0.4) is 0 Å². The third kappa shape index (κ3) is 3.44. The van der Waals surface area contributed by atoms with Crippen LogP contribution in [0.15, 0.2) is 16.7 Å². The molecule has 0 aliphatic carbocycles. The minimum absolute atomic E-state index is 0.180. The molecule has 1 N–H and O–H groups in total. The molecule has 1 atom stereocenters. The van der Waals surface area contributed by atoms with Crippen LogP contribution in [0.25, 0.3) is 0 Å². The number of rotatable bonds is 5. The van der Waals surface area contributed by atoms with Crippen molar-refractivity contribution < 1.29 is 9.52 Å². The van der Waals surface area contributed by atoms with E-state index < -0.39 is 0 Å². The predicted molar refractivity (Wildman–Crippen MR) is 55.9 cm³/mol. The average Bonchev–Trinajstić information content (AvgIpc) is 2.52. The van der Waals surface area contributed by atoms with E-state index in [1.807, 2.05) is 19.9 Å². The SMILES string of the molecule is CC[C@H](O)CSCc1occc1C. The third-order valence-corrected chi connectivity index (χ3v) is 3.07. The quantitative estimate of drug-likeness (QED) is 0.793. The summed E-state index contributed by atoms with van der Waals surface area (Å²) in [7, 11) is 0. The van der Waals surface area contributed by atoms with Gasteiger partial charge >= 0.3 is 0 Å². The molecule has 1 aromatic rings. The molecule has 0 fully saturated rings. The molecule has 1 heterocycles. The van der Waals surface area contributed by atoms with E-state index in [2.05, 4.69) is 0 Å². The van der Waals surface area contributed by atoms with E-state index in [0.29, 0.717) is 0 Å². The van der Waals surface area contributed by atoms with E-state index in [4.69, 9.17) is 4.42 Å². The van der Waals surface area contributed by atoms with Crippen LogP contribution in [0, 0.1) is 6.92 Å². The molecule has 1 rings (SSSR count). The van der Waals surface area contributed by atoms with Gasteiger partial charge in [0.1, 0.15) is 5.76 Å². The second-order valence-electron chi connectivity index (χ2n) is 3.10. The molecular formula is C10H16O2S. The molecule has 13 heavy (non-hydrogen) atoms. The van der Waals surface area contributed by atoms with Crippen LogP contribution in [0.5, 0.6) is 0 Å². The smallest absolute Gasteiger partial charge is 0.116 e. The zero-order valence-corrected chi connectivity index (χ0v) is 8.93. The Labute approximate surface area is 83.3 Å². The molecule has 0 aliphatic rings. The van der Waals surface area contributed by atoms with Crippen molar-refractivity contribution in [2.45, 2.75) is 32.1 Å². The summed E-state index contributed by atoms with van der Waals surface area (Å²) in [6.07, 6.45) is 2.35. The van der Waals surface area contributed by atoms with Crippen LogP contribution in [-0.4, -0.2) is 17.0 Å². The van der Waals surface area contributed by atoms with Crippen molar-refractivity contribution in [3.8, 4) is 0 Å². The number of aliphatic hydroxyl groups excluding tert-OH is 1. The molecule has 0 spiro atoms. The molecule has 1 aromatic heterocycles. The lowest BCUT2D eigenvalue weighted by molar-refractivity contribution is 0.195. The summed E-state index contributed by atoms with van der Waals surface area (Å²) in [6, 6.07) is 1.96. The first-order valence-corrected chi connectivity index (χ1v) is 5.68. The summed E-state index contributed by atoms with van der Waals surface area (Å²) < 4.78 is 5.28. The van der Waals surface area contributed by atoms with Crippen molar-refractivity contribution in [2.75, 3.05) is 5.75 Å². The Balaban J connectivity index is 2.24. The Kier molecular flexibility index (Phi) is 4.39. The molecular weight excluding hydrogens is 184 g/mol. The van der Waals surface area contributed by atoms with Crippen molar-refractivity contribution >= 4 is 11.8 Å². The largest absolute Gasteiger partial charge is 0.468 e. The molecule has 0 aliphatic heterocycles. The average molecular weight is 200 g/mol. The number of aliphatic hydroxyl groups is 1. The highest BCUT2D eigenvalue weighted by molar-refractivity contribution is 7.98. The zero-order chi connectivity index (χ0) is 9.68. The molecule has 0 radical (unpaired) electrons. The Hall–Kier alpha value is -0.410. The maximum Gasteiger partial charge on any atom is 0.116 e. The van der Waals surface area contributed by atoms with Gasteiger partial charge in [0.15, 0.2) is 0 Å². The maximum absolute atomic E-state index is 9.30. The van der Waals surface area contributed by atoms with Gasteiger partial charge in [-0.15, -0.1) is 0 Å². The van der Waals surface area contributed by atoms with Gasteiger partial charge in [0, 0.05) is 5.75 Å². The van der Waals surface area contributed by atoms with Crippen LogP contribution >= 0.6 is 11.8 Å². The minimum Gasteiger partial charge on any atom is -0.468 e. The monoisotopic (exact) mass is 200 g/mol. The summed E-state index contributed by atoms with van der Waals surface area (Å²) in [4.78, 5) is 0. The van der Waals surface area contributed by atoms with Crippen molar-refractivity contribution in [1.82, 2.24) is 0 Å². The molecule has 74 valence electrons. The van der Waals surface area contributed by atoms with E-state index in [1.165, 1.54) is 5.56 Å². The topological polar surface area (TPSA) is 33.4 Å². The lowest BCUT2D eigenvalue weighted by atomic mass is 10.3. The van der Waals surface area contributed by atoms with Crippen molar-refractivity contribution in [2.24, 2.45) is 0 Å². The molecule has 2 nitrogen and oxygen atoms in total. The molecule has 0 bridgehead atoms. The van der Waals surface area contributed by atoms with Gasteiger partial charge in [-0.2, -0.15) is 11.8 Å². The molecule has 0 unspecified atom stereocenters. The van der Waals surface area contributed by atoms with Gasteiger partial charge < -0.3 is 9.52 Å². The fourth-order valence-corrected chi connectivity index (χ4v) is 2.06. The highest BCUT2D eigenvalue weighted by atomic mass is 32.2. The maximum atomic E-state index is 9.30. The second-order valence-corrected chi connectivity index (χ2v) is 4.13. The molecule has 0 aromatic carbocycles. The summed E-state index contributed by atoms with van der Waals surface area (Å²) in [5, 5.41) is 9.30. The van der Waals surface area contributed by atoms with Crippen LogP contribution in [0.4, 0.5) is 0 Å².